The molecule has 0 aromatic heterocycles. The first-order valence-electron chi connectivity index (χ1n) is 7.05. The zero-order chi connectivity index (χ0) is 13.4. The standard InChI is InChI=1S/C16H27NO/c1-13(2)16(15-9-5-4-6-10-15)12-17-11-7-8-14(3)18/h4-6,9-10,13-14,16-18H,7-8,11-12H2,1-3H3. The zero-order valence-corrected chi connectivity index (χ0v) is 11.9. The van der Waals surface area contributed by atoms with Crippen LogP contribution in [0.4, 0.5) is 0 Å². The molecule has 2 unspecified atom stereocenters. The van der Waals surface area contributed by atoms with Gasteiger partial charge in [-0.2, -0.15) is 0 Å². The van der Waals surface area contributed by atoms with Crippen LogP contribution in [0.15, 0.2) is 30.3 Å². The van der Waals surface area contributed by atoms with Crippen molar-refractivity contribution in [1.29, 1.82) is 0 Å². The van der Waals surface area contributed by atoms with Crippen LogP contribution >= 0.6 is 0 Å². The summed E-state index contributed by atoms with van der Waals surface area (Å²) in [5.41, 5.74) is 1.41. The molecule has 1 aromatic carbocycles. The van der Waals surface area contributed by atoms with Crippen molar-refractivity contribution in [3.63, 3.8) is 0 Å². The van der Waals surface area contributed by atoms with E-state index in [1.807, 2.05) is 6.92 Å². The highest BCUT2D eigenvalue weighted by Gasteiger charge is 2.14. The van der Waals surface area contributed by atoms with Gasteiger partial charge in [0.25, 0.3) is 0 Å². The summed E-state index contributed by atoms with van der Waals surface area (Å²) in [6.45, 7) is 8.40. The fourth-order valence-electron chi connectivity index (χ4n) is 2.22. The van der Waals surface area contributed by atoms with E-state index >= 15 is 0 Å². The van der Waals surface area contributed by atoms with Gasteiger partial charge in [0.15, 0.2) is 0 Å². The molecule has 18 heavy (non-hydrogen) atoms. The van der Waals surface area contributed by atoms with Gasteiger partial charge in [-0.05, 0) is 43.7 Å². The van der Waals surface area contributed by atoms with Gasteiger partial charge in [0, 0.05) is 6.54 Å². The Kier molecular flexibility index (Phi) is 6.99. The molecule has 0 fully saturated rings. The van der Waals surface area contributed by atoms with E-state index in [9.17, 15) is 5.11 Å². The molecule has 2 nitrogen and oxygen atoms in total. The number of aliphatic hydroxyl groups is 1. The predicted octanol–water partition coefficient (Wildman–Crippen LogP) is 3.18. The van der Waals surface area contributed by atoms with Crippen LogP contribution in [0.3, 0.4) is 0 Å². The van der Waals surface area contributed by atoms with Gasteiger partial charge in [-0.15, -0.1) is 0 Å². The van der Waals surface area contributed by atoms with Crippen molar-refractivity contribution < 1.29 is 5.11 Å². The molecule has 102 valence electrons. The maximum Gasteiger partial charge on any atom is 0.0512 e. The van der Waals surface area contributed by atoms with Gasteiger partial charge >= 0.3 is 0 Å². The number of benzene rings is 1. The Balaban J connectivity index is 2.36. The minimum absolute atomic E-state index is 0.179. The first kappa shape index (κ1) is 15.2. The maximum absolute atomic E-state index is 9.20. The molecule has 0 heterocycles. The molecule has 1 aromatic rings. The van der Waals surface area contributed by atoms with Crippen molar-refractivity contribution in [2.75, 3.05) is 13.1 Å². The Morgan fingerprint density at radius 1 is 1.11 bits per heavy atom. The normalized spacial score (nSPS) is 14.7. The Morgan fingerprint density at radius 2 is 1.78 bits per heavy atom. The third-order valence-corrected chi connectivity index (χ3v) is 3.37. The van der Waals surface area contributed by atoms with Gasteiger partial charge in [-0.3, -0.25) is 0 Å². The van der Waals surface area contributed by atoms with Crippen molar-refractivity contribution >= 4 is 0 Å². The summed E-state index contributed by atoms with van der Waals surface area (Å²) in [4.78, 5) is 0. The van der Waals surface area contributed by atoms with E-state index in [0.717, 1.165) is 25.9 Å². The summed E-state index contributed by atoms with van der Waals surface area (Å²) < 4.78 is 0. The quantitative estimate of drug-likeness (QED) is 0.694. The zero-order valence-electron chi connectivity index (χ0n) is 11.9. The Bertz CT molecular complexity index is 308. The lowest BCUT2D eigenvalue weighted by Crippen LogP contribution is -2.26. The molecule has 0 bridgehead atoms. The average molecular weight is 249 g/mol. The van der Waals surface area contributed by atoms with Gasteiger partial charge in [-0.25, -0.2) is 0 Å². The number of hydrogen-bond donors (Lipinski definition) is 2. The van der Waals surface area contributed by atoms with E-state index in [4.69, 9.17) is 0 Å². The molecule has 0 aliphatic heterocycles. The first-order chi connectivity index (χ1) is 8.61. The van der Waals surface area contributed by atoms with Crippen LogP contribution in [0.1, 0.15) is 45.1 Å². The SMILES string of the molecule is CC(O)CCCNCC(c1ccccc1)C(C)C. The topological polar surface area (TPSA) is 32.3 Å². The summed E-state index contributed by atoms with van der Waals surface area (Å²) >= 11 is 0. The highest BCUT2D eigenvalue weighted by molar-refractivity contribution is 5.20. The lowest BCUT2D eigenvalue weighted by molar-refractivity contribution is 0.181. The largest absolute Gasteiger partial charge is 0.393 e. The molecule has 0 saturated heterocycles. The fourth-order valence-corrected chi connectivity index (χ4v) is 2.22. The number of hydrogen-bond acceptors (Lipinski definition) is 2. The molecule has 0 radical (unpaired) electrons. The Hall–Kier alpha value is -0.860. The molecule has 0 aliphatic rings. The van der Waals surface area contributed by atoms with Crippen LogP contribution in [-0.2, 0) is 0 Å². The van der Waals surface area contributed by atoms with Crippen LogP contribution in [0.2, 0.25) is 0 Å². The Labute approximate surface area is 111 Å². The summed E-state index contributed by atoms with van der Waals surface area (Å²) in [6, 6.07) is 10.7. The molecular formula is C16H27NO. The molecule has 2 N–H and O–H groups in total. The summed E-state index contributed by atoms with van der Waals surface area (Å²) in [5, 5.41) is 12.7. The second-order valence-corrected chi connectivity index (χ2v) is 5.46. The molecule has 2 heteroatoms. The van der Waals surface area contributed by atoms with Crippen molar-refractivity contribution in [2.45, 2.75) is 45.6 Å². The lowest BCUT2D eigenvalue weighted by atomic mass is 9.88. The second-order valence-electron chi connectivity index (χ2n) is 5.46. The summed E-state index contributed by atoms with van der Waals surface area (Å²) in [5.74, 6) is 1.20. The van der Waals surface area contributed by atoms with Crippen LogP contribution in [0, 0.1) is 5.92 Å². The maximum atomic E-state index is 9.20. The van der Waals surface area contributed by atoms with E-state index < -0.39 is 0 Å². The molecule has 2 atom stereocenters. The molecule has 1 rings (SSSR count). The third kappa shape index (κ3) is 5.65. The van der Waals surface area contributed by atoms with Crippen LogP contribution in [0.5, 0.6) is 0 Å². The van der Waals surface area contributed by atoms with E-state index in [-0.39, 0.29) is 6.10 Å². The third-order valence-electron chi connectivity index (χ3n) is 3.37. The van der Waals surface area contributed by atoms with Crippen LogP contribution in [-0.4, -0.2) is 24.3 Å². The van der Waals surface area contributed by atoms with Crippen molar-refractivity contribution in [3.05, 3.63) is 35.9 Å². The van der Waals surface area contributed by atoms with Crippen LogP contribution in [0.25, 0.3) is 0 Å². The van der Waals surface area contributed by atoms with Crippen LogP contribution < -0.4 is 5.32 Å². The molecule has 0 saturated carbocycles. The predicted molar refractivity (Wildman–Crippen MR) is 77.8 cm³/mol. The number of nitrogens with one attached hydrogen (secondary N) is 1. The average Bonchev–Trinajstić information content (AvgIpc) is 2.34. The van der Waals surface area contributed by atoms with Gasteiger partial charge in [-0.1, -0.05) is 44.2 Å². The number of rotatable bonds is 8. The minimum Gasteiger partial charge on any atom is -0.393 e. The van der Waals surface area contributed by atoms with Gasteiger partial charge in [0.1, 0.15) is 0 Å². The molecule has 0 amide bonds. The van der Waals surface area contributed by atoms with E-state index in [1.165, 1.54) is 5.56 Å². The summed E-state index contributed by atoms with van der Waals surface area (Å²) in [7, 11) is 0. The van der Waals surface area contributed by atoms with Crippen molar-refractivity contribution in [1.82, 2.24) is 5.32 Å². The van der Waals surface area contributed by atoms with E-state index in [2.05, 4.69) is 49.5 Å². The van der Waals surface area contributed by atoms with E-state index in [0.29, 0.717) is 11.8 Å². The smallest absolute Gasteiger partial charge is 0.0512 e. The molecule has 0 aliphatic carbocycles. The highest BCUT2D eigenvalue weighted by Crippen LogP contribution is 2.23. The van der Waals surface area contributed by atoms with Gasteiger partial charge in [0.05, 0.1) is 6.10 Å². The molecule has 0 spiro atoms. The second kappa shape index (κ2) is 8.28. The highest BCUT2D eigenvalue weighted by atomic mass is 16.3. The lowest BCUT2D eigenvalue weighted by Gasteiger charge is -2.22. The number of aliphatic hydroxyl groups excluding tert-OH is 1. The van der Waals surface area contributed by atoms with Crippen molar-refractivity contribution in [2.24, 2.45) is 5.92 Å². The monoisotopic (exact) mass is 249 g/mol. The fraction of sp³-hybridized carbons (Fsp3) is 0.625. The minimum atomic E-state index is -0.179. The van der Waals surface area contributed by atoms with E-state index in [1.54, 1.807) is 0 Å². The first-order valence-corrected chi connectivity index (χ1v) is 7.05. The Morgan fingerprint density at radius 3 is 2.33 bits per heavy atom. The van der Waals surface area contributed by atoms with Crippen molar-refractivity contribution in [3.8, 4) is 0 Å². The van der Waals surface area contributed by atoms with Gasteiger partial charge in [0.2, 0.25) is 0 Å². The molecular weight excluding hydrogens is 222 g/mol. The van der Waals surface area contributed by atoms with Gasteiger partial charge < -0.3 is 10.4 Å². The summed E-state index contributed by atoms with van der Waals surface area (Å²) in [6.07, 6.45) is 1.74.